The van der Waals surface area contributed by atoms with E-state index in [2.05, 4.69) is 68.4 Å². The SMILES string of the molecule is COCC(C)N(C)C(CNCC(C)C)c1ccccc1. The van der Waals surface area contributed by atoms with E-state index < -0.39 is 0 Å². The number of ether oxygens (including phenoxy) is 1. The van der Waals surface area contributed by atoms with Crippen LogP contribution in [0.25, 0.3) is 0 Å². The second kappa shape index (κ2) is 9.11. The molecule has 0 aliphatic heterocycles. The third-order valence-electron chi connectivity index (χ3n) is 3.67. The maximum atomic E-state index is 5.29. The van der Waals surface area contributed by atoms with E-state index in [9.17, 15) is 0 Å². The summed E-state index contributed by atoms with van der Waals surface area (Å²) in [4.78, 5) is 2.40. The molecule has 20 heavy (non-hydrogen) atoms. The van der Waals surface area contributed by atoms with Crippen LogP contribution in [0.1, 0.15) is 32.4 Å². The minimum Gasteiger partial charge on any atom is -0.383 e. The second-order valence-electron chi connectivity index (χ2n) is 5.95. The first-order valence-corrected chi connectivity index (χ1v) is 7.52. The maximum absolute atomic E-state index is 5.29. The minimum atomic E-state index is 0.375. The first kappa shape index (κ1) is 17.2. The van der Waals surface area contributed by atoms with E-state index >= 15 is 0 Å². The molecule has 2 atom stereocenters. The van der Waals surface area contributed by atoms with Gasteiger partial charge in [0.1, 0.15) is 0 Å². The van der Waals surface area contributed by atoms with Crippen molar-refractivity contribution in [3.63, 3.8) is 0 Å². The average Bonchev–Trinajstić information content (AvgIpc) is 2.44. The van der Waals surface area contributed by atoms with Crippen molar-refractivity contribution in [2.45, 2.75) is 32.9 Å². The Balaban J connectivity index is 2.73. The highest BCUT2D eigenvalue weighted by molar-refractivity contribution is 5.19. The lowest BCUT2D eigenvalue weighted by atomic mass is 10.0. The molecule has 0 bridgehead atoms. The van der Waals surface area contributed by atoms with Gasteiger partial charge in [-0.2, -0.15) is 0 Å². The normalized spacial score (nSPS) is 14.8. The van der Waals surface area contributed by atoms with Crippen LogP contribution in [0.4, 0.5) is 0 Å². The molecule has 0 aliphatic carbocycles. The van der Waals surface area contributed by atoms with Gasteiger partial charge >= 0.3 is 0 Å². The number of rotatable bonds is 9. The molecule has 1 aromatic carbocycles. The quantitative estimate of drug-likeness (QED) is 0.751. The molecule has 0 fully saturated rings. The predicted molar refractivity (Wildman–Crippen MR) is 86.0 cm³/mol. The van der Waals surface area contributed by atoms with Gasteiger partial charge in [-0.15, -0.1) is 0 Å². The van der Waals surface area contributed by atoms with Crippen molar-refractivity contribution in [3.05, 3.63) is 35.9 Å². The minimum absolute atomic E-state index is 0.375. The largest absolute Gasteiger partial charge is 0.383 e. The number of hydrogen-bond acceptors (Lipinski definition) is 3. The van der Waals surface area contributed by atoms with Crippen LogP contribution in [0.3, 0.4) is 0 Å². The summed E-state index contributed by atoms with van der Waals surface area (Å²) in [5, 5.41) is 3.58. The molecule has 0 aliphatic rings. The van der Waals surface area contributed by atoms with Gasteiger partial charge < -0.3 is 10.1 Å². The molecular formula is C17H30N2O. The smallest absolute Gasteiger partial charge is 0.0615 e. The Morgan fingerprint density at radius 3 is 2.30 bits per heavy atom. The fourth-order valence-corrected chi connectivity index (χ4v) is 2.35. The van der Waals surface area contributed by atoms with Gasteiger partial charge in [-0.1, -0.05) is 44.2 Å². The van der Waals surface area contributed by atoms with Crippen molar-refractivity contribution < 1.29 is 4.74 Å². The zero-order valence-electron chi connectivity index (χ0n) is 13.6. The Labute approximate surface area is 124 Å². The third kappa shape index (κ3) is 5.61. The lowest BCUT2D eigenvalue weighted by molar-refractivity contribution is 0.0881. The Bertz CT molecular complexity index is 353. The van der Waals surface area contributed by atoms with Crippen LogP contribution >= 0.6 is 0 Å². The van der Waals surface area contributed by atoms with E-state index in [4.69, 9.17) is 4.74 Å². The summed E-state index contributed by atoms with van der Waals surface area (Å²) in [5.41, 5.74) is 1.36. The molecule has 0 amide bonds. The van der Waals surface area contributed by atoms with Crippen molar-refractivity contribution in [1.82, 2.24) is 10.2 Å². The lowest BCUT2D eigenvalue weighted by Crippen LogP contribution is -2.41. The molecule has 0 heterocycles. The standard InChI is InChI=1S/C17H30N2O/c1-14(2)11-18-12-17(16-9-7-6-8-10-16)19(4)15(3)13-20-5/h6-10,14-15,17-18H,11-13H2,1-5H3. The summed E-state index contributed by atoms with van der Waals surface area (Å²) in [6, 6.07) is 11.5. The van der Waals surface area contributed by atoms with Crippen LogP contribution in [0.5, 0.6) is 0 Å². The first-order chi connectivity index (χ1) is 9.56. The topological polar surface area (TPSA) is 24.5 Å². The predicted octanol–water partition coefficient (Wildman–Crippen LogP) is 2.94. The van der Waals surface area contributed by atoms with Gasteiger partial charge in [-0.05, 0) is 32.0 Å². The Morgan fingerprint density at radius 1 is 1.10 bits per heavy atom. The number of benzene rings is 1. The van der Waals surface area contributed by atoms with Crippen molar-refractivity contribution in [3.8, 4) is 0 Å². The van der Waals surface area contributed by atoms with Gasteiger partial charge in [0.05, 0.1) is 6.61 Å². The fourth-order valence-electron chi connectivity index (χ4n) is 2.35. The zero-order chi connectivity index (χ0) is 15.0. The van der Waals surface area contributed by atoms with Crippen molar-refractivity contribution >= 4 is 0 Å². The summed E-state index contributed by atoms with van der Waals surface area (Å²) >= 11 is 0. The first-order valence-electron chi connectivity index (χ1n) is 7.52. The second-order valence-corrected chi connectivity index (χ2v) is 5.95. The Kier molecular flexibility index (Phi) is 7.82. The van der Waals surface area contributed by atoms with Crippen molar-refractivity contribution in [2.75, 3.05) is 33.9 Å². The van der Waals surface area contributed by atoms with Gasteiger partial charge in [-0.3, -0.25) is 4.90 Å². The van der Waals surface area contributed by atoms with Gasteiger partial charge in [0.2, 0.25) is 0 Å². The van der Waals surface area contributed by atoms with E-state index in [0.717, 1.165) is 19.7 Å². The van der Waals surface area contributed by atoms with Gasteiger partial charge in [0.25, 0.3) is 0 Å². The van der Waals surface area contributed by atoms with Crippen LogP contribution < -0.4 is 5.32 Å². The molecule has 1 rings (SSSR count). The zero-order valence-corrected chi connectivity index (χ0v) is 13.6. The highest BCUT2D eigenvalue weighted by atomic mass is 16.5. The number of methoxy groups -OCH3 is 1. The highest BCUT2D eigenvalue weighted by Gasteiger charge is 2.21. The van der Waals surface area contributed by atoms with E-state index in [0.29, 0.717) is 18.0 Å². The third-order valence-corrected chi connectivity index (χ3v) is 3.67. The molecule has 114 valence electrons. The monoisotopic (exact) mass is 278 g/mol. The molecule has 0 saturated carbocycles. The molecule has 0 saturated heterocycles. The van der Waals surface area contributed by atoms with Crippen LogP contribution in [-0.4, -0.2) is 44.8 Å². The highest BCUT2D eigenvalue weighted by Crippen LogP contribution is 2.20. The Hall–Kier alpha value is -0.900. The molecule has 3 heteroatoms. The Morgan fingerprint density at radius 2 is 1.75 bits per heavy atom. The molecule has 1 aromatic rings. The molecule has 1 N–H and O–H groups in total. The molecule has 2 unspecified atom stereocenters. The average molecular weight is 278 g/mol. The van der Waals surface area contributed by atoms with E-state index in [1.807, 2.05) is 0 Å². The summed E-state index contributed by atoms with van der Waals surface area (Å²) in [7, 11) is 3.94. The van der Waals surface area contributed by atoms with Gasteiger partial charge in [0.15, 0.2) is 0 Å². The van der Waals surface area contributed by atoms with Gasteiger partial charge in [-0.25, -0.2) is 0 Å². The van der Waals surface area contributed by atoms with Crippen molar-refractivity contribution in [1.29, 1.82) is 0 Å². The molecular weight excluding hydrogens is 248 g/mol. The lowest BCUT2D eigenvalue weighted by Gasteiger charge is -2.33. The summed E-state index contributed by atoms with van der Waals surface area (Å²) in [6.45, 7) is 9.46. The van der Waals surface area contributed by atoms with Crippen LogP contribution in [-0.2, 0) is 4.74 Å². The van der Waals surface area contributed by atoms with E-state index in [1.165, 1.54) is 5.56 Å². The molecule has 3 nitrogen and oxygen atoms in total. The summed E-state index contributed by atoms with van der Waals surface area (Å²) in [5.74, 6) is 0.674. The number of hydrogen-bond donors (Lipinski definition) is 1. The number of nitrogens with one attached hydrogen (secondary N) is 1. The number of nitrogens with zero attached hydrogens (tertiary/aromatic N) is 1. The molecule has 0 radical (unpaired) electrons. The van der Waals surface area contributed by atoms with E-state index in [-0.39, 0.29) is 0 Å². The van der Waals surface area contributed by atoms with E-state index in [1.54, 1.807) is 7.11 Å². The van der Waals surface area contributed by atoms with Crippen LogP contribution in [0.15, 0.2) is 30.3 Å². The van der Waals surface area contributed by atoms with Crippen LogP contribution in [0.2, 0.25) is 0 Å². The van der Waals surface area contributed by atoms with Gasteiger partial charge in [0, 0.05) is 25.7 Å². The van der Waals surface area contributed by atoms with Crippen molar-refractivity contribution in [2.24, 2.45) is 5.92 Å². The summed E-state index contributed by atoms with van der Waals surface area (Å²) in [6.07, 6.45) is 0. The number of likely N-dealkylation sites (N-methyl/N-ethyl adjacent to an activating group) is 1. The molecule has 0 aromatic heterocycles. The summed E-state index contributed by atoms with van der Waals surface area (Å²) < 4.78 is 5.29. The molecule has 0 spiro atoms. The maximum Gasteiger partial charge on any atom is 0.0615 e. The fraction of sp³-hybridized carbons (Fsp3) is 0.647. The van der Waals surface area contributed by atoms with Crippen LogP contribution in [0, 0.1) is 5.92 Å².